The molecule has 2 saturated heterocycles. The smallest absolute Gasteiger partial charge is 0.644 e. The summed E-state index contributed by atoms with van der Waals surface area (Å²) in [6, 6.07) is -0.161. The topological polar surface area (TPSA) is 186 Å². The molecule has 2 amide bonds. The number of hydrogen-bond donors (Lipinski definition) is 3. The van der Waals surface area contributed by atoms with Crippen molar-refractivity contribution in [3.8, 4) is 0 Å². The molecule has 2 aliphatic rings. The Hall–Kier alpha value is -2.47. The van der Waals surface area contributed by atoms with E-state index in [0.717, 1.165) is 17.1 Å². The van der Waals surface area contributed by atoms with Crippen molar-refractivity contribution in [1.29, 1.82) is 0 Å². The van der Waals surface area contributed by atoms with Crippen molar-refractivity contribution in [2.45, 2.75) is 109 Å². The Morgan fingerprint density at radius 3 is 2.57 bits per heavy atom. The van der Waals surface area contributed by atoms with Gasteiger partial charge in [0.2, 0.25) is 5.91 Å². The molecule has 47 heavy (non-hydrogen) atoms. The largest absolute Gasteiger partial charge is 2.00 e. The standard InChI is InChI=1S/C33H48N4O9.U/c1-6-35-29(34)9-7-10-30(40)36-26-17-22(3)27(44-23(26)4)14-12-21(2)13-15-28-33(43)24(20-39)18-25(45-28)19-32(42)46-37(5)31(41)11-8-16-38;/h7,10,12-13,15-16,22-28,33,39,43H,8-9,11,14,17-20H2,1-5H3,(H,36,40);/q-2;+2/b10-7-,15-13+,21-12+;/t22?,23?,24?,25-,26?,27?,28?,33-;/m0./s1. The molecule has 0 spiro atoms. The van der Waals surface area contributed by atoms with Gasteiger partial charge in [0.05, 0.1) is 36.9 Å². The Balaban J connectivity index is 0.0000110. The molecule has 14 heteroatoms. The second kappa shape index (κ2) is 22.2. The van der Waals surface area contributed by atoms with Crippen LogP contribution in [0.2, 0.25) is 0 Å². The fourth-order valence-electron chi connectivity index (χ4n) is 5.35. The maximum atomic E-state index is 12.4. The number of nitrogens with one attached hydrogen (secondary N) is 1. The molecular weight excluding hydrogens is 834 g/mol. The van der Waals surface area contributed by atoms with Crippen molar-refractivity contribution in [2.75, 3.05) is 13.7 Å². The Morgan fingerprint density at radius 2 is 1.91 bits per heavy atom. The molecule has 2 fully saturated rings. The third-order valence-corrected chi connectivity index (χ3v) is 8.01. The van der Waals surface area contributed by atoms with Gasteiger partial charge >= 0.3 is 37.1 Å². The summed E-state index contributed by atoms with van der Waals surface area (Å²) in [6.45, 7) is 7.18. The Morgan fingerprint density at radius 1 is 1.19 bits per heavy atom. The van der Waals surface area contributed by atoms with Crippen LogP contribution >= 0.6 is 0 Å². The van der Waals surface area contributed by atoms with Crippen LogP contribution < -0.4 is 5.32 Å². The van der Waals surface area contributed by atoms with Gasteiger partial charge in [-0.05, 0) is 45.1 Å². The molecule has 2 rings (SSSR count). The van der Waals surface area contributed by atoms with Gasteiger partial charge in [-0.1, -0.05) is 43.2 Å². The van der Waals surface area contributed by atoms with Crippen molar-refractivity contribution in [1.82, 2.24) is 10.4 Å². The maximum Gasteiger partial charge on any atom is 2.00 e. The van der Waals surface area contributed by atoms with Crippen LogP contribution in [-0.2, 0) is 33.5 Å². The predicted octanol–water partition coefficient (Wildman–Crippen LogP) is 2.47. The minimum absolute atomic E-state index is 0. The number of ether oxygens (including phenoxy) is 2. The average molecular weight is 883 g/mol. The van der Waals surface area contributed by atoms with E-state index in [-0.39, 0.29) is 106 Å². The molecule has 0 aromatic rings. The van der Waals surface area contributed by atoms with E-state index in [1.807, 2.05) is 26.0 Å². The first kappa shape index (κ1) is 42.6. The SMILES string of the molecule is C[C-]=NC(=[N-])C/C=C\C(=O)NC1CC(C)C(C/C=C(C)/C=C/C2O[C@H](CC(=O)ON(C)C(=O)CCC=O)CC(CO)[C@@H]2O)OC1C.[U+2]. The van der Waals surface area contributed by atoms with E-state index < -0.39 is 36.1 Å². The van der Waals surface area contributed by atoms with Gasteiger partial charge in [0.1, 0.15) is 12.4 Å². The van der Waals surface area contributed by atoms with Gasteiger partial charge < -0.3 is 51.3 Å². The molecule has 6 unspecified atom stereocenters. The van der Waals surface area contributed by atoms with Crippen molar-refractivity contribution >= 4 is 36.1 Å². The minimum Gasteiger partial charge on any atom is -0.644 e. The fourth-order valence-corrected chi connectivity index (χ4v) is 5.35. The normalized spacial score (nSPS) is 28.2. The Labute approximate surface area is 301 Å². The molecule has 258 valence electrons. The van der Waals surface area contributed by atoms with Crippen molar-refractivity contribution < 1.29 is 74.8 Å². The maximum absolute atomic E-state index is 12.4. The first-order valence-electron chi connectivity index (χ1n) is 15.6. The van der Waals surface area contributed by atoms with Gasteiger partial charge in [-0.3, -0.25) is 9.59 Å². The molecule has 13 nitrogen and oxygen atoms in total. The van der Waals surface area contributed by atoms with Gasteiger partial charge in [0.15, 0.2) is 0 Å². The minimum atomic E-state index is -0.981. The summed E-state index contributed by atoms with van der Waals surface area (Å²) in [7, 11) is 1.29. The summed E-state index contributed by atoms with van der Waals surface area (Å²) in [5.74, 6) is -1.96. The summed E-state index contributed by atoms with van der Waals surface area (Å²) >= 11 is 0. The fraction of sp³-hybridized carbons (Fsp3) is 0.636. The number of hydroxylamine groups is 2. The Bertz CT molecular complexity index is 1170. The van der Waals surface area contributed by atoms with Gasteiger partial charge in [-0.15, -0.1) is 6.92 Å². The summed E-state index contributed by atoms with van der Waals surface area (Å²) in [5.41, 5.74) is 0.905. The molecular formula is C33H48N4O9U. The third kappa shape index (κ3) is 15.1. The van der Waals surface area contributed by atoms with E-state index in [4.69, 9.17) is 14.3 Å². The molecule has 0 aliphatic carbocycles. The number of carbonyl (C=O) groups is 4. The van der Waals surface area contributed by atoms with E-state index in [1.54, 1.807) is 13.0 Å². The zero-order valence-electron chi connectivity index (χ0n) is 27.8. The second-order valence-electron chi connectivity index (χ2n) is 11.8. The zero-order valence-corrected chi connectivity index (χ0v) is 32.0. The van der Waals surface area contributed by atoms with Gasteiger partial charge in [0, 0.05) is 32.4 Å². The van der Waals surface area contributed by atoms with Gasteiger partial charge in [0.25, 0.3) is 5.91 Å². The molecule has 0 radical (unpaired) electrons. The number of rotatable bonds is 14. The number of aliphatic imine (C=N–C) groups is 1. The first-order valence-corrected chi connectivity index (χ1v) is 15.6. The predicted molar refractivity (Wildman–Crippen MR) is 171 cm³/mol. The number of nitrogens with zero attached hydrogens (tertiary/aromatic N) is 3. The second-order valence-corrected chi connectivity index (χ2v) is 11.8. The van der Waals surface area contributed by atoms with E-state index >= 15 is 0 Å². The van der Waals surface area contributed by atoms with Crippen LogP contribution in [0.25, 0.3) is 5.41 Å². The number of amidine groups is 1. The third-order valence-electron chi connectivity index (χ3n) is 8.01. The van der Waals surface area contributed by atoms with Crippen LogP contribution in [0.15, 0.2) is 40.9 Å². The number of aliphatic hydroxyl groups is 2. The molecule has 8 atom stereocenters. The zero-order chi connectivity index (χ0) is 34.2. The van der Waals surface area contributed by atoms with Crippen LogP contribution in [-0.4, -0.2) is 102 Å². The van der Waals surface area contributed by atoms with Crippen LogP contribution in [0.4, 0.5) is 0 Å². The molecule has 0 aromatic carbocycles. The van der Waals surface area contributed by atoms with Crippen LogP contribution in [0.1, 0.15) is 72.6 Å². The van der Waals surface area contributed by atoms with E-state index in [0.29, 0.717) is 12.7 Å². The number of aliphatic hydroxyl groups excluding tert-OH is 2. The van der Waals surface area contributed by atoms with Crippen LogP contribution in [0, 0.1) is 42.9 Å². The molecule has 0 bridgehead atoms. The molecule has 0 aromatic heterocycles. The first-order chi connectivity index (χ1) is 21.9. The van der Waals surface area contributed by atoms with E-state index in [1.165, 1.54) is 19.2 Å². The summed E-state index contributed by atoms with van der Waals surface area (Å²) in [5, 5.41) is 33.9. The summed E-state index contributed by atoms with van der Waals surface area (Å²) in [4.78, 5) is 55.8. The number of allylic oxidation sites excluding steroid dienone is 2. The summed E-state index contributed by atoms with van der Waals surface area (Å²) < 4.78 is 12.2. The van der Waals surface area contributed by atoms with Gasteiger partial charge in [-0.25, -0.2) is 10.6 Å². The van der Waals surface area contributed by atoms with Crippen molar-refractivity contribution in [3.63, 3.8) is 0 Å². The number of aldehydes is 1. The quantitative estimate of drug-likeness (QED) is 0.0449. The number of carbonyl (C=O) groups excluding carboxylic acids is 4. The number of amides is 2. The molecule has 3 N–H and O–H groups in total. The number of hydrogen-bond acceptors (Lipinski definition) is 9. The van der Waals surface area contributed by atoms with Crippen LogP contribution in [0.5, 0.6) is 0 Å². The summed E-state index contributed by atoms with van der Waals surface area (Å²) in [6.07, 6.45) is 10.3. The van der Waals surface area contributed by atoms with E-state index in [2.05, 4.69) is 23.4 Å². The van der Waals surface area contributed by atoms with Crippen molar-refractivity contribution in [3.05, 3.63) is 41.4 Å². The molecule has 2 aliphatic heterocycles. The molecule has 2 heterocycles. The van der Waals surface area contributed by atoms with E-state index in [9.17, 15) is 34.8 Å². The van der Waals surface area contributed by atoms with Gasteiger partial charge in [-0.2, -0.15) is 5.06 Å². The average Bonchev–Trinajstić information content (AvgIpc) is 3.00. The Kier molecular flexibility index (Phi) is 20.1. The molecule has 0 saturated carbocycles. The van der Waals surface area contributed by atoms with Crippen molar-refractivity contribution in [2.24, 2.45) is 16.8 Å². The monoisotopic (exact) mass is 882 g/mol. The van der Waals surface area contributed by atoms with Crippen LogP contribution in [0.3, 0.4) is 0 Å².